The van der Waals surface area contributed by atoms with Gasteiger partial charge in [0.2, 0.25) is 11.8 Å². The maximum Gasteiger partial charge on any atom is 0.239 e. The molecule has 2 amide bonds. The summed E-state index contributed by atoms with van der Waals surface area (Å²) in [6, 6.07) is 11.2. The lowest BCUT2D eigenvalue weighted by atomic mass is 10.2. The van der Waals surface area contributed by atoms with E-state index >= 15 is 0 Å². The quantitative estimate of drug-likeness (QED) is 0.766. The van der Waals surface area contributed by atoms with E-state index in [2.05, 4.69) is 10.6 Å². The van der Waals surface area contributed by atoms with Gasteiger partial charge in [-0.25, -0.2) is 0 Å². The largest absolute Gasteiger partial charge is 0.350 e. The molecule has 0 fully saturated rings. The Labute approximate surface area is 99.4 Å². The normalized spacial score (nSPS) is 9.12. The van der Waals surface area contributed by atoms with Crippen LogP contribution < -0.4 is 10.6 Å². The number of amides is 2. The number of carbonyl (C=O) groups is 2. The first-order valence-corrected chi connectivity index (χ1v) is 5.16. The molecular formula is C12H13N3O2. The fourth-order valence-corrected chi connectivity index (χ4v) is 1.17. The molecule has 0 bridgehead atoms. The maximum absolute atomic E-state index is 11.3. The van der Waals surface area contributed by atoms with E-state index in [9.17, 15) is 9.59 Å². The summed E-state index contributed by atoms with van der Waals surface area (Å²) in [7, 11) is 0. The number of carbonyl (C=O) groups excluding carboxylic acids is 2. The van der Waals surface area contributed by atoms with E-state index in [0.717, 1.165) is 5.56 Å². The smallest absolute Gasteiger partial charge is 0.239 e. The Morgan fingerprint density at radius 3 is 2.47 bits per heavy atom. The highest BCUT2D eigenvalue weighted by Crippen LogP contribution is 1.96. The summed E-state index contributed by atoms with van der Waals surface area (Å²) in [6.07, 6.45) is -0.230. The highest BCUT2D eigenvalue weighted by molar-refractivity contribution is 5.85. The van der Waals surface area contributed by atoms with Gasteiger partial charge in [-0.15, -0.1) is 0 Å². The van der Waals surface area contributed by atoms with Crippen LogP contribution in [0, 0.1) is 11.3 Å². The van der Waals surface area contributed by atoms with Crippen LogP contribution in [-0.2, 0) is 16.1 Å². The van der Waals surface area contributed by atoms with Crippen molar-refractivity contribution in [3.63, 3.8) is 0 Å². The molecule has 1 aromatic rings. The van der Waals surface area contributed by atoms with Crippen LogP contribution in [0.25, 0.3) is 0 Å². The van der Waals surface area contributed by atoms with Gasteiger partial charge >= 0.3 is 0 Å². The Hall–Kier alpha value is -2.35. The van der Waals surface area contributed by atoms with Crippen LogP contribution in [-0.4, -0.2) is 18.4 Å². The zero-order valence-electron chi connectivity index (χ0n) is 9.27. The van der Waals surface area contributed by atoms with E-state index in [4.69, 9.17) is 5.26 Å². The fraction of sp³-hybridized carbons (Fsp3) is 0.250. The molecule has 0 radical (unpaired) electrons. The highest BCUT2D eigenvalue weighted by Gasteiger charge is 2.04. The van der Waals surface area contributed by atoms with Gasteiger partial charge in [-0.3, -0.25) is 9.59 Å². The molecule has 0 saturated heterocycles. The predicted octanol–water partition coefficient (Wildman–Crippen LogP) is 0.333. The topological polar surface area (TPSA) is 82.0 Å². The SMILES string of the molecule is N#CCC(=O)NCC(=O)NCc1ccccc1. The van der Waals surface area contributed by atoms with Crippen molar-refractivity contribution in [3.05, 3.63) is 35.9 Å². The number of benzene rings is 1. The zero-order chi connectivity index (χ0) is 12.5. The predicted molar refractivity (Wildman–Crippen MR) is 61.5 cm³/mol. The Kier molecular flexibility index (Phi) is 5.25. The number of nitrogens with one attached hydrogen (secondary N) is 2. The lowest BCUT2D eigenvalue weighted by Crippen LogP contribution is -2.36. The molecule has 5 nitrogen and oxygen atoms in total. The third-order valence-electron chi connectivity index (χ3n) is 2.02. The molecule has 17 heavy (non-hydrogen) atoms. The van der Waals surface area contributed by atoms with Crippen molar-refractivity contribution in [1.82, 2.24) is 10.6 Å². The second kappa shape index (κ2) is 7.01. The van der Waals surface area contributed by atoms with Gasteiger partial charge in [0.15, 0.2) is 0 Å². The molecule has 0 aliphatic rings. The monoisotopic (exact) mass is 231 g/mol. The van der Waals surface area contributed by atoms with Crippen molar-refractivity contribution in [1.29, 1.82) is 5.26 Å². The molecule has 1 aromatic carbocycles. The molecule has 0 saturated carbocycles. The van der Waals surface area contributed by atoms with Gasteiger partial charge in [-0.2, -0.15) is 5.26 Å². The van der Waals surface area contributed by atoms with Gasteiger partial charge < -0.3 is 10.6 Å². The molecule has 0 aromatic heterocycles. The number of nitriles is 1. The molecule has 88 valence electrons. The molecule has 0 spiro atoms. The minimum atomic E-state index is -0.442. The first-order chi connectivity index (χ1) is 8.22. The molecule has 0 aliphatic carbocycles. The Bertz CT molecular complexity index is 423. The third kappa shape index (κ3) is 5.33. The van der Waals surface area contributed by atoms with Crippen LogP contribution in [0.1, 0.15) is 12.0 Å². The highest BCUT2D eigenvalue weighted by atomic mass is 16.2. The second-order valence-electron chi connectivity index (χ2n) is 3.37. The van der Waals surface area contributed by atoms with Crippen molar-refractivity contribution < 1.29 is 9.59 Å². The van der Waals surface area contributed by atoms with E-state index in [1.165, 1.54) is 0 Å². The fourth-order valence-electron chi connectivity index (χ4n) is 1.17. The van der Waals surface area contributed by atoms with Crippen LogP contribution in [0.15, 0.2) is 30.3 Å². The van der Waals surface area contributed by atoms with Crippen molar-refractivity contribution in [2.75, 3.05) is 6.54 Å². The molecular weight excluding hydrogens is 218 g/mol. The Morgan fingerprint density at radius 2 is 1.82 bits per heavy atom. The average Bonchev–Trinajstić information content (AvgIpc) is 2.35. The van der Waals surface area contributed by atoms with Crippen molar-refractivity contribution >= 4 is 11.8 Å². The average molecular weight is 231 g/mol. The number of nitrogens with zero attached hydrogens (tertiary/aromatic N) is 1. The van der Waals surface area contributed by atoms with Crippen LogP contribution in [0.2, 0.25) is 0 Å². The first-order valence-electron chi connectivity index (χ1n) is 5.16. The minimum Gasteiger partial charge on any atom is -0.350 e. The molecule has 2 N–H and O–H groups in total. The molecule has 0 atom stereocenters. The summed E-state index contributed by atoms with van der Waals surface area (Å²) in [5, 5.41) is 13.2. The van der Waals surface area contributed by atoms with E-state index in [1.54, 1.807) is 6.07 Å². The standard InChI is InChI=1S/C12H13N3O2/c13-7-6-11(16)15-9-12(17)14-8-10-4-2-1-3-5-10/h1-5H,6,8-9H2,(H,14,17)(H,15,16). The van der Waals surface area contributed by atoms with Gasteiger partial charge in [-0.1, -0.05) is 30.3 Å². The van der Waals surface area contributed by atoms with Crippen LogP contribution >= 0.6 is 0 Å². The number of hydrogen-bond acceptors (Lipinski definition) is 3. The summed E-state index contributed by atoms with van der Waals surface area (Å²) in [4.78, 5) is 22.2. The van der Waals surface area contributed by atoms with Gasteiger partial charge in [0.25, 0.3) is 0 Å². The summed E-state index contributed by atoms with van der Waals surface area (Å²) in [5.41, 5.74) is 0.990. The summed E-state index contributed by atoms with van der Waals surface area (Å²) in [5.74, 6) is -0.720. The van der Waals surface area contributed by atoms with Crippen LogP contribution in [0.5, 0.6) is 0 Å². The van der Waals surface area contributed by atoms with Crippen molar-refractivity contribution in [3.8, 4) is 6.07 Å². The van der Waals surface area contributed by atoms with E-state index in [1.807, 2.05) is 30.3 Å². The molecule has 0 aliphatic heterocycles. The van der Waals surface area contributed by atoms with E-state index < -0.39 is 5.91 Å². The van der Waals surface area contributed by atoms with Crippen LogP contribution in [0.4, 0.5) is 0 Å². The van der Waals surface area contributed by atoms with Crippen molar-refractivity contribution in [2.45, 2.75) is 13.0 Å². The number of hydrogen-bond donors (Lipinski definition) is 2. The second-order valence-corrected chi connectivity index (χ2v) is 3.37. The van der Waals surface area contributed by atoms with Gasteiger partial charge in [0.1, 0.15) is 6.42 Å². The molecule has 1 rings (SSSR count). The lowest BCUT2D eigenvalue weighted by molar-refractivity contribution is -0.125. The Balaban J connectivity index is 2.22. The zero-order valence-corrected chi connectivity index (χ0v) is 9.27. The molecule has 0 unspecified atom stereocenters. The van der Waals surface area contributed by atoms with E-state index in [0.29, 0.717) is 6.54 Å². The van der Waals surface area contributed by atoms with Gasteiger partial charge in [0.05, 0.1) is 12.6 Å². The summed E-state index contributed by atoms with van der Waals surface area (Å²) >= 11 is 0. The number of rotatable bonds is 5. The van der Waals surface area contributed by atoms with Crippen molar-refractivity contribution in [2.24, 2.45) is 0 Å². The molecule has 5 heteroatoms. The van der Waals surface area contributed by atoms with Gasteiger partial charge in [0, 0.05) is 6.54 Å². The third-order valence-corrected chi connectivity index (χ3v) is 2.02. The van der Waals surface area contributed by atoms with Crippen LogP contribution in [0.3, 0.4) is 0 Å². The lowest BCUT2D eigenvalue weighted by Gasteiger charge is -2.05. The minimum absolute atomic E-state index is 0.104. The van der Waals surface area contributed by atoms with E-state index in [-0.39, 0.29) is 18.9 Å². The molecule has 0 heterocycles. The van der Waals surface area contributed by atoms with Gasteiger partial charge in [-0.05, 0) is 5.56 Å². The maximum atomic E-state index is 11.3. The summed E-state index contributed by atoms with van der Waals surface area (Å²) < 4.78 is 0. The summed E-state index contributed by atoms with van der Waals surface area (Å²) in [6.45, 7) is 0.321. The Morgan fingerprint density at radius 1 is 1.12 bits per heavy atom. The first kappa shape index (κ1) is 12.7.